The highest BCUT2D eigenvalue weighted by molar-refractivity contribution is 7.85. The summed E-state index contributed by atoms with van der Waals surface area (Å²) in [7, 11) is 1.99. The standard InChI is InChI=1S/C30H34N8O3.CH4O3S.CH4/c1-5-28(39)32-23-17-24(26(40-4)18-25(23)37-13-15-41-16-14-37)33-30-31-12-11-27(34-30)38-20-22(19-36(2)3)29(35-38)21-9-7-6-8-10-21;1-5(2,3)4;/h5-12,17-18,20H,1,13-16,19H2,2-4H3,(H,32,39)(H,31,33,34);1H3,(H,2,3,4);1H4. The van der Waals surface area contributed by atoms with Gasteiger partial charge in [-0.25, -0.2) is 9.67 Å². The monoisotopic (exact) mass is 666 g/mol. The molecule has 3 N–H and O–H groups in total. The summed E-state index contributed by atoms with van der Waals surface area (Å²) in [6.07, 6.45) is 5.63. The fourth-order valence-electron chi connectivity index (χ4n) is 4.67. The Hall–Kier alpha value is -4.83. The van der Waals surface area contributed by atoms with E-state index in [4.69, 9.17) is 24.1 Å². The van der Waals surface area contributed by atoms with Gasteiger partial charge in [-0.05, 0) is 26.2 Å². The molecule has 1 amide bonds. The summed E-state index contributed by atoms with van der Waals surface area (Å²) in [4.78, 5) is 25.7. The molecule has 0 aliphatic carbocycles. The van der Waals surface area contributed by atoms with Crippen LogP contribution >= 0.6 is 0 Å². The quantitative estimate of drug-likeness (QED) is 0.163. The van der Waals surface area contributed by atoms with Crippen molar-refractivity contribution in [1.82, 2.24) is 24.6 Å². The fraction of sp³-hybridized carbons (Fsp3) is 0.312. The second-order valence-electron chi connectivity index (χ2n) is 10.5. The molecule has 1 aliphatic heterocycles. The van der Waals surface area contributed by atoms with E-state index >= 15 is 0 Å². The summed E-state index contributed by atoms with van der Waals surface area (Å²) in [5.41, 5.74) is 5.06. The average molecular weight is 667 g/mol. The van der Waals surface area contributed by atoms with Crippen LogP contribution in [0.2, 0.25) is 0 Å². The molecule has 1 saturated heterocycles. The van der Waals surface area contributed by atoms with E-state index in [-0.39, 0.29) is 13.3 Å². The van der Waals surface area contributed by atoms with Crippen molar-refractivity contribution in [3.8, 4) is 22.8 Å². The number of benzene rings is 2. The zero-order valence-corrected chi connectivity index (χ0v) is 27.0. The largest absolute Gasteiger partial charge is 0.494 e. The van der Waals surface area contributed by atoms with Crippen LogP contribution in [-0.2, 0) is 26.2 Å². The molecule has 0 saturated carbocycles. The summed E-state index contributed by atoms with van der Waals surface area (Å²) in [6, 6.07) is 15.6. The zero-order chi connectivity index (χ0) is 33.3. The van der Waals surface area contributed by atoms with Crippen molar-refractivity contribution in [2.45, 2.75) is 14.0 Å². The molecule has 0 radical (unpaired) electrons. The number of nitrogens with zero attached hydrogens (tertiary/aromatic N) is 6. The smallest absolute Gasteiger partial charge is 0.261 e. The number of carbonyl (C=O) groups excluding carboxylic acids is 1. The van der Waals surface area contributed by atoms with Gasteiger partial charge in [0.05, 0.1) is 49.3 Å². The van der Waals surface area contributed by atoms with Crippen molar-refractivity contribution in [2.24, 2.45) is 0 Å². The number of carbonyl (C=O) groups is 1. The number of hydrogen-bond donors (Lipinski definition) is 3. The molecule has 0 spiro atoms. The molecule has 14 nitrogen and oxygen atoms in total. The van der Waals surface area contributed by atoms with Gasteiger partial charge < -0.3 is 29.9 Å². The number of rotatable bonds is 10. The molecule has 2 aromatic heterocycles. The van der Waals surface area contributed by atoms with Crippen LogP contribution in [0.15, 0.2) is 73.6 Å². The SMILES string of the molecule is C.C=CC(=O)Nc1cc(Nc2nccc(-n3cc(CN(C)C)c(-c4ccccc4)n3)n2)c(OC)cc1N1CCOCC1.CS(=O)(=O)O. The number of amides is 1. The van der Waals surface area contributed by atoms with Crippen molar-refractivity contribution >= 4 is 39.0 Å². The average Bonchev–Trinajstić information content (AvgIpc) is 3.44. The summed E-state index contributed by atoms with van der Waals surface area (Å²) >= 11 is 0. The van der Waals surface area contributed by atoms with E-state index in [2.05, 4.69) is 32.0 Å². The summed E-state index contributed by atoms with van der Waals surface area (Å²) in [5, 5.41) is 11.1. The van der Waals surface area contributed by atoms with Crippen LogP contribution in [0, 0.1) is 0 Å². The first-order valence-corrected chi connectivity index (χ1v) is 16.1. The van der Waals surface area contributed by atoms with Crippen LogP contribution < -0.4 is 20.3 Å². The molecule has 4 aromatic rings. The molecule has 15 heteroatoms. The molecule has 0 atom stereocenters. The van der Waals surface area contributed by atoms with Gasteiger partial charge in [0.2, 0.25) is 11.9 Å². The van der Waals surface area contributed by atoms with Gasteiger partial charge in [0.25, 0.3) is 10.1 Å². The van der Waals surface area contributed by atoms with Crippen molar-refractivity contribution in [3.05, 3.63) is 79.1 Å². The maximum atomic E-state index is 12.3. The van der Waals surface area contributed by atoms with Crippen LogP contribution in [0.4, 0.5) is 23.0 Å². The first kappa shape index (κ1) is 36.6. The topological polar surface area (TPSA) is 164 Å². The van der Waals surface area contributed by atoms with Crippen LogP contribution in [0.1, 0.15) is 13.0 Å². The van der Waals surface area contributed by atoms with Gasteiger partial charge in [-0.2, -0.15) is 18.5 Å². The Morgan fingerprint density at radius 1 is 1.15 bits per heavy atom. The predicted molar refractivity (Wildman–Crippen MR) is 184 cm³/mol. The minimum atomic E-state index is -3.67. The minimum Gasteiger partial charge on any atom is -0.494 e. The summed E-state index contributed by atoms with van der Waals surface area (Å²) in [5.74, 6) is 1.23. The van der Waals surface area contributed by atoms with Crippen LogP contribution in [0.3, 0.4) is 0 Å². The number of aromatic nitrogens is 4. The normalized spacial score (nSPS) is 12.8. The Bertz CT molecular complexity index is 1750. The highest BCUT2D eigenvalue weighted by atomic mass is 32.2. The van der Waals surface area contributed by atoms with Gasteiger partial charge in [-0.15, -0.1) is 0 Å². The van der Waals surface area contributed by atoms with Gasteiger partial charge >= 0.3 is 0 Å². The third kappa shape index (κ3) is 10.6. The van der Waals surface area contributed by atoms with Gasteiger partial charge in [0, 0.05) is 55.3 Å². The first-order chi connectivity index (χ1) is 21.9. The number of morpholine rings is 1. The summed E-state index contributed by atoms with van der Waals surface area (Å²) in [6.45, 7) is 6.92. The molecule has 252 valence electrons. The Morgan fingerprint density at radius 3 is 2.45 bits per heavy atom. The fourth-order valence-corrected chi connectivity index (χ4v) is 4.67. The molecule has 1 fully saturated rings. The van der Waals surface area contributed by atoms with Crippen LogP contribution in [-0.4, -0.2) is 97.3 Å². The van der Waals surface area contributed by atoms with Gasteiger partial charge in [-0.1, -0.05) is 44.3 Å². The van der Waals surface area contributed by atoms with Gasteiger partial charge in [0.1, 0.15) is 5.75 Å². The lowest BCUT2D eigenvalue weighted by Gasteiger charge is -2.31. The Balaban J connectivity index is 0.000000930. The van der Waals surface area contributed by atoms with Crippen molar-refractivity contribution in [2.75, 3.05) is 69.3 Å². The maximum Gasteiger partial charge on any atom is 0.261 e. The molecular formula is C32H42N8O6S. The zero-order valence-electron chi connectivity index (χ0n) is 26.2. The Kier molecular flexibility index (Phi) is 13.0. The molecule has 3 heterocycles. The van der Waals surface area contributed by atoms with E-state index in [1.807, 2.05) is 62.8 Å². The molecule has 5 rings (SSSR count). The maximum absolute atomic E-state index is 12.3. The second kappa shape index (κ2) is 16.6. The molecule has 0 bridgehead atoms. The lowest BCUT2D eigenvalue weighted by atomic mass is 10.1. The third-order valence-corrected chi connectivity index (χ3v) is 6.56. The lowest BCUT2D eigenvalue weighted by Crippen LogP contribution is -2.36. The first-order valence-electron chi connectivity index (χ1n) is 14.2. The summed E-state index contributed by atoms with van der Waals surface area (Å²) < 4.78 is 38.9. The number of methoxy groups -OCH3 is 1. The molecule has 1 aliphatic rings. The molecule has 47 heavy (non-hydrogen) atoms. The van der Waals surface area contributed by atoms with Crippen molar-refractivity contribution < 1.29 is 27.2 Å². The predicted octanol–water partition coefficient (Wildman–Crippen LogP) is 4.24. The van der Waals surface area contributed by atoms with Gasteiger partial charge in [0.15, 0.2) is 5.82 Å². The molecule has 0 unspecified atom stereocenters. The second-order valence-corrected chi connectivity index (χ2v) is 12.0. The van der Waals surface area contributed by atoms with E-state index in [1.54, 1.807) is 24.1 Å². The van der Waals surface area contributed by atoms with Crippen LogP contribution in [0.25, 0.3) is 17.1 Å². The van der Waals surface area contributed by atoms with Crippen molar-refractivity contribution in [1.29, 1.82) is 0 Å². The van der Waals surface area contributed by atoms with E-state index in [0.717, 1.165) is 29.1 Å². The van der Waals surface area contributed by atoms with Crippen molar-refractivity contribution in [3.63, 3.8) is 0 Å². The number of anilines is 4. The van der Waals surface area contributed by atoms with Gasteiger partial charge in [-0.3, -0.25) is 9.35 Å². The number of ether oxygens (including phenoxy) is 2. The third-order valence-electron chi connectivity index (χ3n) is 6.56. The van der Waals surface area contributed by atoms with E-state index in [9.17, 15) is 13.2 Å². The lowest BCUT2D eigenvalue weighted by molar-refractivity contribution is -0.111. The van der Waals surface area contributed by atoms with Crippen LogP contribution in [0.5, 0.6) is 5.75 Å². The number of hydrogen-bond acceptors (Lipinski definition) is 11. The Labute approximate surface area is 275 Å². The number of nitrogens with one attached hydrogen (secondary N) is 2. The van der Waals surface area contributed by atoms with E-state index in [0.29, 0.717) is 61.4 Å². The highest BCUT2D eigenvalue weighted by Crippen LogP contribution is 2.38. The molecule has 2 aromatic carbocycles. The Morgan fingerprint density at radius 2 is 1.83 bits per heavy atom. The molecular weight excluding hydrogens is 624 g/mol. The van der Waals surface area contributed by atoms with E-state index in [1.165, 1.54) is 6.08 Å². The highest BCUT2D eigenvalue weighted by Gasteiger charge is 2.20. The van der Waals surface area contributed by atoms with E-state index < -0.39 is 10.1 Å². The minimum absolute atomic E-state index is 0.